The number of rotatable bonds is 5. The van der Waals surface area contributed by atoms with Gasteiger partial charge < -0.3 is 15.5 Å². The molecule has 2 unspecified atom stereocenters. The topological polar surface area (TPSA) is 78.5 Å². The summed E-state index contributed by atoms with van der Waals surface area (Å²) in [5.74, 6) is -0.767. The lowest BCUT2D eigenvalue weighted by molar-refractivity contribution is -0.134. The van der Waals surface area contributed by atoms with Crippen LogP contribution in [0.15, 0.2) is 0 Å². The zero-order chi connectivity index (χ0) is 13.6. The van der Waals surface area contributed by atoms with E-state index in [2.05, 4.69) is 23.3 Å². The second-order valence-electron chi connectivity index (χ2n) is 3.90. The van der Waals surface area contributed by atoms with Crippen LogP contribution in [0.25, 0.3) is 0 Å². The molecule has 3 amide bonds. The number of nitrogens with one attached hydrogen (secondary N) is 2. The molecular formula is C10H19N3O3S. The summed E-state index contributed by atoms with van der Waals surface area (Å²) in [5, 5.41) is 4.97. The predicted octanol–water partition coefficient (Wildman–Crippen LogP) is -0.986. The van der Waals surface area contributed by atoms with E-state index in [0.717, 1.165) is 0 Å². The monoisotopic (exact) mass is 261 g/mol. The Morgan fingerprint density at radius 2 is 1.76 bits per heavy atom. The van der Waals surface area contributed by atoms with Crippen LogP contribution in [-0.2, 0) is 14.4 Å². The highest BCUT2D eigenvalue weighted by atomic mass is 32.1. The smallest absolute Gasteiger partial charge is 0.244 e. The standard InChI is InChI=1S/C10H19N3O3S/c1-6(10(16)13(3)4)11-9(15)8(5-17)12-7(2)14/h6,8,17H,5H2,1-4H3,(H,11,15)(H,12,14). The Hall–Kier alpha value is -1.24. The maximum Gasteiger partial charge on any atom is 0.244 e. The molecule has 98 valence electrons. The normalized spacial score (nSPS) is 13.5. The zero-order valence-corrected chi connectivity index (χ0v) is 11.4. The zero-order valence-electron chi connectivity index (χ0n) is 10.5. The van der Waals surface area contributed by atoms with Crippen molar-refractivity contribution >= 4 is 30.4 Å². The van der Waals surface area contributed by atoms with Crippen LogP contribution in [0.3, 0.4) is 0 Å². The van der Waals surface area contributed by atoms with Gasteiger partial charge in [0.25, 0.3) is 0 Å². The number of likely N-dealkylation sites (N-methyl/N-ethyl adjacent to an activating group) is 1. The number of amides is 3. The molecule has 0 heterocycles. The van der Waals surface area contributed by atoms with E-state index in [1.807, 2.05) is 0 Å². The number of thiol groups is 1. The maximum absolute atomic E-state index is 11.7. The molecule has 0 aromatic carbocycles. The van der Waals surface area contributed by atoms with E-state index in [9.17, 15) is 14.4 Å². The average Bonchev–Trinajstić information content (AvgIpc) is 2.23. The molecule has 17 heavy (non-hydrogen) atoms. The Labute approximate surface area is 107 Å². The van der Waals surface area contributed by atoms with E-state index in [1.54, 1.807) is 21.0 Å². The van der Waals surface area contributed by atoms with Gasteiger partial charge in [-0.1, -0.05) is 0 Å². The third kappa shape index (κ3) is 5.58. The van der Waals surface area contributed by atoms with Gasteiger partial charge in [-0.3, -0.25) is 14.4 Å². The van der Waals surface area contributed by atoms with E-state index in [-0.39, 0.29) is 17.6 Å². The third-order valence-electron chi connectivity index (χ3n) is 2.05. The first kappa shape index (κ1) is 15.8. The quantitative estimate of drug-likeness (QED) is 0.556. The van der Waals surface area contributed by atoms with E-state index in [1.165, 1.54) is 11.8 Å². The number of nitrogens with zero attached hydrogens (tertiary/aromatic N) is 1. The lowest BCUT2D eigenvalue weighted by Gasteiger charge is -2.21. The minimum absolute atomic E-state index is 0.175. The van der Waals surface area contributed by atoms with Crippen molar-refractivity contribution in [1.82, 2.24) is 15.5 Å². The maximum atomic E-state index is 11.7. The summed E-state index contributed by atoms with van der Waals surface area (Å²) >= 11 is 3.97. The van der Waals surface area contributed by atoms with Crippen LogP contribution >= 0.6 is 12.6 Å². The second-order valence-corrected chi connectivity index (χ2v) is 4.26. The average molecular weight is 261 g/mol. The molecule has 6 nitrogen and oxygen atoms in total. The van der Waals surface area contributed by atoms with Crippen LogP contribution < -0.4 is 10.6 Å². The van der Waals surface area contributed by atoms with Gasteiger partial charge in [0.1, 0.15) is 12.1 Å². The Bertz CT molecular complexity index is 307. The summed E-state index contributed by atoms with van der Waals surface area (Å²) in [5.41, 5.74) is 0. The molecule has 0 saturated carbocycles. The molecule has 0 aliphatic rings. The summed E-state index contributed by atoms with van der Waals surface area (Å²) in [6.07, 6.45) is 0. The van der Waals surface area contributed by atoms with Crippen molar-refractivity contribution in [3.05, 3.63) is 0 Å². The first-order chi connectivity index (χ1) is 7.79. The second kappa shape index (κ2) is 7.16. The fraction of sp³-hybridized carbons (Fsp3) is 0.700. The van der Waals surface area contributed by atoms with Crippen molar-refractivity contribution in [3.63, 3.8) is 0 Å². The minimum atomic E-state index is -0.728. The van der Waals surface area contributed by atoms with Crippen LogP contribution in [0.2, 0.25) is 0 Å². The van der Waals surface area contributed by atoms with Crippen LogP contribution in [0.1, 0.15) is 13.8 Å². The van der Waals surface area contributed by atoms with Crippen LogP contribution in [0.5, 0.6) is 0 Å². The van der Waals surface area contributed by atoms with E-state index in [0.29, 0.717) is 0 Å². The Kier molecular flexibility index (Phi) is 6.64. The molecule has 0 aromatic heterocycles. The van der Waals surface area contributed by atoms with E-state index in [4.69, 9.17) is 0 Å². The minimum Gasteiger partial charge on any atom is -0.347 e. The van der Waals surface area contributed by atoms with Gasteiger partial charge in [-0.25, -0.2) is 0 Å². The molecule has 0 aliphatic heterocycles. The molecule has 0 aromatic rings. The highest BCUT2D eigenvalue weighted by molar-refractivity contribution is 7.80. The van der Waals surface area contributed by atoms with Crippen molar-refractivity contribution in [2.24, 2.45) is 0 Å². The number of carbonyl (C=O) groups is 3. The van der Waals surface area contributed by atoms with Crippen LogP contribution in [-0.4, -0.2) is 54.6 Å². The molecule has 0 aliphatic carbocycles. The molecule has 0 spiro atoms. The van der Waals surface area contributed by atoms with Crippen molar-refractivity contribution in [1.29, 1.82) is 0 Å². The molecule has 0 radical (unpaired) electrons. The molecule has 7 heteroatoms. The van der Waals surface area contributed by atoms with Gasteiger partial charge in [-0.05, 0) is 6.92 Å². The van der Waals surface area contributed by atoms with Crippen molar-refractivity contribution in [2.75, 3.05) is 19.8 Å². The largest absolute Gasteiger partial charge is 0.347 e. The Morgan fingerprint density at radius 1 is 1.24 bits per heavy atom. The van der Waals surface area contributed by atoms with Crippen molar-refractivity contribution < 1.29 is 14.4 Å². The summed E-state index contributed by atoms with van der Waals surface area (Å²) < 4.78 is 0. The van der Waals surface area contributed by atoms with Gasteiger partial charge in [-0.15, -0.1) is 0 Å². The molecule has 2 atom stereocenters. The number of hydrogen-bond acceptors (Lipinski definition) is 4. The predicted molar refractivity (Wildman–Crippen MR) is 67.8 cm³/mol. The number of carbonyl (C=O) groups excluding carboxylic acids is 3. The molecule has 0 saturated heterocycles. The summed E-state index contributed by atoms with van der Waals surface area (Å²) in [6, 6.07) is -1.36. The van der Waals surface area contributed by atoms with E-state index < -0.39 is 18.0 Å². The van der Waals surface area contributed by atoms with Crippen molar-refractivity contribution in [3.8, 4) is 0 Å². The van der Waals surface area contributed by atoms with Gasteiger partial charge in [0.15, 0.2) is 0 Å². The lowest BCUT2D eigenvalue weighted by Crippen LogP contribution is -2.52. The first-order valence-electron chi connectivity index (χ1n) is 5.19. The highest BCUT2D eigenvalue weighted by Crippen LogP contribution is 1.93. The molecule has 0 rings (SSSR count). The van der Waals surface area contributed by atoms with Crippen molar-refractivity contribution in [2.45, 2.75) is 25.9 Å². The van der Waals surface area contributed by atoms with Gasteiger partial charge in [0.2, 0.25) is 17.7 Å². The summed E-state index contributed by atoms with van der Waals surface area (Å²) in [6.45, 7) is 2.90. The molecular weight excluding hydrogens is 242 g/mol. The van der Waals surface area contributed by atoms with Gasteiger partial charge in [-0.2, -0.15) is 12.6 Å². The Morgan fingerprint density at radius 3 is 2.12 bits per heavy atom. The Balaban J connectivity index is 4.40. The molecule has 0 bridgehead atoms. The summed E-state index contributed by atoms with van der Waals surface area (Å²) in [4.78, 5) is 35.5. The summed E-state index contributed by atoms with van der Waals surface area (Å²) in [7, 11) is 3.21. The molecule has 0 fully saturated rings. The SMILES string of the molecule is CC(=O)NC(CS)C(=O)NC(C)C(=O)N(C)C. The van der Waals surface area contributed by atoms with Gasteiger partial charge >= 0.3 is 0 Å². The third-order valence-corrected chi connectivity index (χ3v) is 2.41. The highest BCUT2D eigenvalue weighted by Gasteiger charge is 2.22. The molecule has 2 N–H and O–H groups in total. The fourth-order valence-electron chi connectivity index (χ4n) is 1.20. The van der Waals surface area contributed by atoms with Crippen LogP contribution in [0, 0.1) is 0 Å². The lowest BCUT2D eigenvalue weighted by atomic mass is 10.2. The first-order valence-corrected chi connectivity index (χ1v) is 5.82. The van der Waals surface area contributed by atoms with Gasteiger partial charge in [0, 0.05) is 26.8 Å². The van der Waals surface area contributed by atoms with Gasteiger partial charge in [0.05, 0.1) is 0 Å². The fourth-order valence-corrected chi connectivity index (χ4v) is 1.46. The van der Waals surface area contributed by atoms with E-state index >= 15 is 0 Å². The number of hydrogen-bond donors (Lipinski definition) is 3. The van der Waals surface area contributed by atoms with Crippen LogP contribution in [0.4, 0.5) is 0 Å².